The minimum atomic E-state index is -0.792. The average Bonchev–Trinajstić information content (AvgIpc) is 2.84. The summed E-state index contributed by atoms with van der Waals surface area (Å²) in [4.78, 5) is 12.3. The fourth-order valence-corrected chi connectivity index (χ4v) is 3.49. The lowest BCUT2D eigenvalue weighted by atomic mass is 9.83. The minimum absolute atomic E-state index is 0.158. The highest BCUT2D eigenvalue weighted by atomic mass is 32.2. The first-order valence-electron chi connectivity index (χ1n) is 6.68. The number of hydrogen-bond acceptors (Lipinski definition) is 3. The number of aliphatic hydroxyl groups is 1. The fourth-order valence-electron chi connectivity index (χ4n) is 2.20. The summed E-state index contributed by atoms with van der Waals surface area (Å²) in [5.41, 5.74) is -0.793. The predicted molar refractivity (Wildman–Crippen MR) is 79.3 cm³/mol. The summed E-state index contributed by atoms with van der Waals surface area (Å²) in [7, 11) is 0. The van der Waals surface area contributed by atoms with Crippen molar-refractivity contribution in [3.05, 3.63) is 35.6 Å². The van der Waals surface area contributed by atoms with Gasteiger partial charge in [-0.1, -0.05) is 12.1 Å². The number of nitrogens with one attached hydrogen (secondary N) is 1. The largest absolute Gasteiger partial charge is 0.387 e. The van der Waals surface area contributed by atoms with E-state index in [9.17, 15) is 14.3 Å². The predicted octanol–water partition coefficient (Wildman–Crippen LogP) is 2.09. The molecule has 0 radical (unpaired) electrons. The monoisotopic (exact) mass is 297 g/mol. The van der Waals surface area contributed by atoms with Gasteiger partial charge in [0.1, 0.15) is 5.82 Å². The number of rotatable bonds is 4. The molecule has 1 amide bonds. The van der Waals surface area contributed by atoms with Gasteiger partial charge in [0.05, 0.1) is 11.0 Å². The van der Waals surface area contributed by atoms with E-state index in [1.165, 1.54) is 12.1 Å². The quantitative estimate of drug-likeness (QED) is 0.894. The van der Waals surface area contributed by atoms with Gasteiger partial charge in [-0.25, -0.2) is 4.39 Å². The van der Waals surface area contributed by atoms with Gasteiger partial charge < -0.3 is 10.4 Å². The third-order valence-corrected chi connectivity index (χ3v) is 5.03. The van der Waals surface area contributed by atoms with E-state index in [1.54, 1.807) is 37.7 Å². The third kappa shape index (κ3) is 3.33. The molecular formula is C15H20FNO2S. The molecule has 0 aromatic heterocycles. The Labute approximate surface area is 123 Å². The molecule has 1 aliphatic heterocycles. The second-order valence-corrected chi connectivity index (χ2v) is 6.95. The number of carbonyl (C=O) groups excluding carboxylic acids is 1. The summed E-state index contributed by atoms with van der Waals surface area (Å²) in [5.74, 6) is 1.11. The second-order valence-electron chi connectivity index (χ2n) is 5.84. The molecule has 1 aromatic rings. The van der Waals surface area contributed by atoms with Crippen molar-refractivity contribution in [3.8, 4) is 0 Å². The highest BCUT2D eigenvalue weighted by Gasteiger charge is 2.35. The van der Waals surface area contributed by atoms with Crippen molar-refractivity contribution in [1.29, 1.82) is 0 Å². The Kier molecular flexibility index (Phi) is 4.39. The Balaban J connectivity index is 2.01. The van der Waals surface area contributed by atoms with Crippen LogP contribution in [0.5, 0.6) is 0 Å². The molecule has 1 fully saturated rings. The third-order valence-electron chi connectivity index (χ3n) is 3.79. The van der Waals surface area contributed by atoms with Crippen molar-refractivity contribution in [2.24, 2.45) is 0 Å². The van der Waals surface area contributed by atoms with Crippen molar-refractivity contribution < 1.29 is 14.3 Å². The van der Waals surface area contributed by atoms with Crippen LogP contribution in [0.4, 0.5) is 4.39 Å². The number of carbonyl (C=O) groups is 1. The first-order chi connectivity index (χ1) is 9.33. The van der Waals surface area contributed by atoms with Gasteiger partial charge in [-0.15, -0.1) is 0 Å². The molecule has 1 saturated heterocycles. The molecular weight excluding hydrogens is 277 g/mol. The summed E-state index contributed by atoms with van der Waals surface area (Å²) in [6, 6.07) is 5.95. The van der Waals surface area contributed by atoms with Crippen molar-refractivity contribution >= 4 is 17.7 Å². The van der Waals surface area contributed by atoms with Crippen LogP contribution >= 0.6 is 11.8 Å². The van der Waals surface area contributed by atoms with Crippen molar-refractivity contribution in [3.63, 3.8) is 0 Å². The first kappa shape index (κ1) is 15.3. The van der Waals surface area contributed by atoms with Gasteiger partial charge in [-0.3, -0.25) is 4.79 Å². The lowest BCUT2D eigenvalue weighted by Gasteiger charge is -2.28. The molecule has 2 rings (SSSR count). The molecule has 110 valence electrons. The average molecular weight is 297 g/mol. The van der Waals surface area contributed by atoms with E-state index in [4.69, 9.17) is 0 Å². The molecule has 20 heavy (non-hydrogen) atoms. The number of benzene rings is 1. The molecule has 0 spiro atoms. The molecule has 0 aliphatic carbocycles. The number of thioether (sulfide) groups is 1. The van der Waals surface area contributed by atoms with E-state index in [2.05, 4.69) is 5.32 Å². The van der Waals surface area contributed by atoms with Crippen LogP contribution in [-0.2, 0) is 10.2 Å². The zero-order valence-corrected chi connectivity index (χ0v) is 12.6. The number of hydrogen-bond donors (Lipinski definition) is 2. The van der Waals surface area contributed by atoms with Crippen LogP contribution in [0, 0.1) is 5.82 Å². The molecule has 3 nitrogen and oxygen atoms in total. The fraction of sp³-hybridized carbons (Fsp3) is 0.533. The molecule has 1 unspecified atom stereocenters. The maximum atomic E-state index is 12.9. The molecule has 5 heteroatoms. The molecule has 1 aromatic carbocycles. The van der Waals surface area contributed by atoms with Gasteiger partial charge in [0.2, 0.25) is 5.91 Å². The lowest BCUT2D eigenvalue weighted by molar-refractivity contribution is -0.126. The molecule has 0 saturated carbocycles. The summed E-state index contributed by atoms with van der Waals surface area (Å²) in [6.07, 6.45) is 0.703. The van der Waals surface area contributed by atoms with Crippen molar-refractivity contribution in [2.75, 3.05) is 18.1 Å². The van der Waals surface area contributed by atoms with E-state index in [0.717, 1.165) is 11.3 Å². The summed E-state index contributed by atoms with van der Waals surface area (Å²) in [6.45, 7) is 3.86. The SMILES string of the molecule is CC(C)(C(=O)NCC1(O)CCSC1)c1ccc(F)cc1. The summed E-state index contributed by atoms with van der Waals surface area (Å²) >= 11 is 1.70. The minimum Gasteiger partial charge on any atom is -0.387 e. The number of halogens is 1. The van der Waals surface area contributed by atoms with Gasteiger partial charge >= 0.3 is 0 Å². The van der Waals surface area contributed by atoms with Crippen LogP contribution in [0.25, 0.3) is 0 Å². The number of amides is 1. The van der Waals surface area contributed by atoms with Crippen LogP contribution < -0.4 is 5.32 Å². The Morgan fingerprint density at radius 2 is 2.10 bits per heavy atom. The van der Waals surface area contributed by atoms with Crippen molar-refractivity contribution in [2.45, 2.75) is 31.3 Å². The Morgan fingerprint density at radius 3 is 2.65 bits per heavy atom. The van der Waals surface area contributed by atoms with Gasteiger partial charge in [-0.05, 0) is 43.7 Å². The summed E-state index contributed by atoms with van der Waals surface area (Å²) in [5, 5.41) is 13.1. The maximum Gasteiger partial charge on any atom is 0.230 e. The van der Waals surface area contributed by atoms with Gasteiger partial charge in [-0.2, -0.15) is 11.8 Å². The summed E-state index contributed by atoms with van der Waals surface area (Å²) < 4.78 is 12.9. The Hall–Kier alpha value is -1.07. The highest BCUT2D eigenvalue weighted by molar-refractivity contribution is 7.99. The zero-order valence-electron chi connectivity index (χ0n) is 11.8. The topological polar surface area (TPSA) is 49.3 Å². The van der Waals surface area contributed by atoms with Gasteiger partial charge in [0.25, 0.3) is 0 Å². The van der Waals surface area contributed by atoms with Crippen LogP contribution in [0.1, 0.15) is 25.8 Å². The van der Waals surface area contributed by atoms with Crippen LogP contribution in [0.2, 0.25) is 0 Å². The lowest BCUT2D eigenvalue weighted by Crippen LogP contribution is -2.48. The van der Waals surface area contributed by atoms with Crippen LogP contribution in [0.3, 0.4) is 0 Å². The highest BCUT2D eigenvalue weighted by Crippen LogP contribution is 2.28. The second kappa shape index (κ2) is 5.74. The van der Waals surface area contributed by atoms with Crippen LogP contribution in [-0.4, -0.2) is 34.7 Å². The van der Waals surface area contributed by atoms with Crippen LogP contribution in [0.15, 0.2) is 24.3 Å². The van der Waals surface area contributed by atoms with E-state index < -0.39 is 11.0 Å². The molecule has 2 N–H and O–H groups in total. The standard InChI is InChI=1S/C15H20FNO2S/c1-14(2,11-3-5-12(16)6-4-11)13(18)17-9-15(19)7-8-20-10-15/h3-6,19H,7-10H2,1-2H3,(H,17,18). The van der Waals surface area contributed by atoms with E-state index >= 15 is 0 Å². The van der Waals surface area contributed by atoms with E-state index in [-0.39, 0.29) is 18.3 Å². The Morgan fingerprint density at radius 1 is 1.45 bits per heavy atom. The van der Waals surface area contributed by atoms with Gasteiger partial charge in [0, 0.05) is 12.3 Å². The smallest absolute Gasteiger partial charge is 0.230 e. The van der Waals surface area contributed by atoms with Gasteiger partial charge in [0.15, 0.2) is 0 Å². The molecule has 1 aliphatic rings. The molecule has 1 heterocycles. The van der Waals surface area contributed by atoms with Crippen molar-refractivity contribution in [1.82, 2.24) is 5.32 Å². The molecule has 1 atom stereocenters. The Bertz CT molecular complexity index is 481. The zero-order chi connectivity index (χ0) is 14.8. The normalized spacial score (nSPS) is 22.8. The van der Waals surface area contributed by atoms with E-state index in [0.29, 0.717) is 12.2 Å². The first-order valence-corrected chi connectivity index (χ1v) is 7.83. The molecule has 0 bridgehead atoms. The maximum absolute atomic E-state index is 12.9. The van der Waals surface area contributed by atoms with E-state index in [1.807, 2.05) is 0 Å².